The molecule has 25 heavy (non-hydrogen) atoms. The van der Waals surface area contributed by atoms with Gasteiger partial charge in [0.05, 0.1) is 19.2 Å². The van der Waals surface area contributed by atoms with Crippen LogP contribution < -0.4 is 15.9 Å². The predicted octanol–water partition coefficient (Wildman–Crippen LogP) is 4.87. The third-order valence-corrected chi connectivity index (χ3v) is 8.78. The van der Waals surface area contributed by atoms with Crippen LogP contribution in [0.1, 0.15) is 0 Å². The van der Waals surface area contributed by atoms with Crippen molar-refractivity contribution in [1.82, 2.24) is 0 Å². The molecule has 0 fully saturated rings. The lowest BCUT2D eigenvalue weighted by molar-refractivity contribution is 0.568. The fraction of sp³-hybridized carbons (Fsp3) is 0.0435. The summed E-state index contributed by atoms with van der Waals surface area (Å²) in [5.74, 6) is 0. The topological polar surface area (TPSA) is 13.1 Å². The summed E-state index contributed by atoms with van der Waals surface area (Å²) >= 11 is 0. The molecule has 0 N–H and O–H groups in total. The van der Waals surface area contributed by atoms with Crippen LogP contribution in [0.4, 0.5) is 0 Å². The smallest absolute Gasteiger partial charge is 0.112 e. The molecule has 0 radical (unpaired) electrons. The Bertz CT molecular complexity index is 904. The Hall–Kier alpha value is -2.63. The van der Waals surface area contributed by atoms with Crippen LogP contribution in [0, 0.1) is 0 Å². The van der Waals surface area contributed by atoms with E-state index < -0.39 is 7.26 Å². The summed E-state index contributed by atoms with van der Waals surface area (Å²) in [5.41, 5.74) is 2.38. The SMILES string of the molecule is C[P+](c1ccccc1)(c1ccccc1)c1ccccc1-c1ccoc1. The maximum absolute atomic E-state index is 5.36. The van der Waals surface area contributed by atoms with Crippen LogP contribution in [0.2, 0.25) is 0 Å². The zero-order chi connectivity index (χ0) is 17.1. The minimum absolute atomic E-state index is 1.13. The van der Waals surface area contributed by atoms with Gasteiger partial charge in [-0.15, -0.1) is 0 Å². The molecule has 4 aromatic rings. The molecule has 0 unspecified atom stereocenters. The molecule has 122 valence electrons. The third-order valence-electron chi connectivity index (χ3n) is 4.76. The summed E-state index contributed by atoms with van der Waals surface area (Å²) in [7, 11) is -1.75. The molecule has 0 atom stereocenters. The molecule has 0 spiro atoms. The molecule has 0 aliphatic rings. The molecule has 1 heterocycles. The monoisotopic (exact) mass is 343 g/mol. The van der Waals surface area contributed by atoms with Crippen molar-refractivity contribution >= 4 is 23.2 Å². The first-order valence-corrected chi connectivity index (χ1v) is 10.6. The largest absolute Gasteiger partial charge is 0.472 e. The number of hydrogen-bond acceptors (Lipinski definition) is 1. The Kier molecular flexibility index (Phi) is 4.26. The van der Waals surface area contributed by atoms with Crippen molar-refractivity contribution in [1.29, 1.82) is 0 Å². The van der Waals surface area contributed by atoms with Crippen LogP contribution in [0.25, 0.3) is 11.1 Å². The molecule has 0 saturated heterocycles. The first-order valence-electron chi connectivity index (χ1n) is 8.40. The Balaban J connectivity index is 2.01. The van der Waals surface area contributed by atoms with Crippen molar-refractivity contribution in [3.63, 3.8) is 0 Å². The highest BCUT2D eigenvalue weighted by atomic mass is 31.2. The van der Waals surface area contributed by atoms with Crippen molar-refractivity contribution in [3.05, 3.63) is 104 Å². The summed E-state index contributed by atoms with van der Waals surface area (Å²) in [6, 6.07) is 32.5. The van der Waals surface area contributed by atoms with Gasteiger partial charge in [0.15, 0.2) is 0 Å². The molecule has 2 heteroatoms. The summed E-state index contributed by atoms with van der Waals surface area (Å²) in [6.07, 6.45) is 3.58. The van der Waals surface area contributed by atoms with Crippen molar-refractivity contribution in [2.75, 3.05) is 6.66 Å². The third kappa shape index (κ3) is 2.81. The molecule has 0 amide bonds. The molecule has 0 aliphatic heterocycles. The Morgan fingerprint density at radius 2 is 1.20 bits per heavy atom. The highest BCUT2D eigenvalue weighted by Gasteiger charge is 2.41. The average Bonchev–Trinajstić information content (AvgIpc) is 3.23. The minimum atomic E-state index is -1.75. The number of furan rings is 1. The summed E-state index contributed by atoms with van der Waals surface area (Å²) in [5, 5.41) is 4.16. The van der Waals surface area contributed by atoms with Crippen molar-refractivity contribution in [3.8, 4) is 11.1 Å². The lowest BCUT2D eigenvalue weighted by Crippen LogP contribution is -2.31. The zero-order valence-corrected chi connectivity index (χ0v) is 15.1. The van der Waals surface area contributed by atoms with Gasteiger partial charge in [-0.3, -0.25) is 0 Å². The van der Waals surface area contributed by atoms with E-state index in [0.717, 1.165) is 5.56 Å². The van der Waals surface area contributed by atoms with E-state index in [1.54, 1.807) is 6.26 Å². The van der Waals surface area contributed by atoms with E-state index in [1.807, 2.05) is 12.3 Å². The second kappa shape index (κ2) is 6.70. The van der Waals surface area contributed by atoms with E-state index in [4.69, 9.17) is 4.42 Å². The normalized spacial score (nSPS) is 11.4. The maximum atomic E-state index is 5.36. The lowest BCUT2D eigenvalue weighted by Gasteiger charge is -2.25. The van der Waals surface area contributed by atoms with E-state index in [1.165, 1.54) is 21.5 Å². The molecule has 0 aliphatic carbocycles. The fourth-order valence-corrected chi connectivity index (χ4v) is 6.87. The lowest BCUT2D eigenvalue weighted by atomic mass is 10.1. The van der Waals surface area contributed by atoms with Crippen LogP contribution in [0.15, 0.2) is 108 Å². The molecular weight excluding hydrogens is 323 g/mol. The summed E-state index contributed by atoms with van der Waals surface area (Å²) in [4.78, 5) is 0. The summed E-state index contributed by atoms with van der Waals surface area (Å²) < 4.78 is 5.36. The van der Waals surface area contributed by atoms with Gasteiger partial charge in [0, 0.05) is 11.1 Å². The van der Waals surface area contributed by atoms with E-state index in [0.29, 0.717) is 0 Å². The van der Waals surface area contributed by atoms with E-state index in [9.17, 15) is 0 Å². The van der Waals surface area contributed by atoms with Crippen LogP contribution in [-0.2, 0) is 0 Å². The fourth-order valence-electron chi connectivity index (χ4n) is 3.40. The quantitative estimate of drug-likeness (QED) is 0.482. The first kappa shape index (κ1) is 15.9. The number of hydrogen-bond donors (Lipinski definition) is 0. The van der Waals surface area contributed by atoms with Gasteiger partial charge in [-0.05, 0) is 36.4 Å². The van der Waals surface area contributed by atoms with E-state index in [-0.39, 0.29) is 0 Å². The molecule has 1 nitrogen and oxygen atoms in total. The Labute approximate surface area is 149 Å². The van der Waals surface area contributed by atoms with Crippen LogP contribution >= 0.6 is 7.26 Å². The molecular formula is C23H20OP+. The number of benzene rings is 3. The second-order valence-corrected chi connectivity index (χ2v) is 9.73. The Morgan fingerprint density at radius 1 is 0.640 bits per heavy atom. The van der Waals surface area contributed by atoms with Crippen molar-refractivity contribution in [2.45, 2.75) is 0 Å². The second-order valence-electron chi connectivity index (χ2n) is 6.21. The van der Waals surface area contributed by atoms with Gasteiger partial charge in [0.1, 0.15) is 23.2 Å². The molecule has 3 aromatic carbocycles. The number of rotatable bonds is 4. The average molecular weight is 343 g/mol. The van der Waals surface area contributed by atoms with Gasteiger partial charge in [0.25, 0.3) is 0 Å². The highest BCUT2D eigenvalue weighted by Crippen LogP contribution is 2.53. The van der Waals surface area contributed by atoms with E-state index in [2.05, 4.69) is 91.6 Å². The highest BCUT2D eigenvalue weighted by molar-refractivity contribution is 7.95. The van der Waals surface area contributed by atoms with Gasteiger partial charge < -0.3 is 4.42 Å². The van der Waals surface area contributed by atoms with Crippen molar-refractivity contribution in [2.24, 2.45) is 0 Å². The van der Waals surface area contributed by atoms with Gasteiger partial charge in [0.2, 0.25) is 0 Å². The standard InChI is InChI=1S/C23H20OP/c1-25(20-10-4-2-5-11-20,21-12-6-3-7-13-21)23-15-9-8-14-22(23)19-16-17-24-18-19/h2-18H,1H3/q+1. The van der Waals surface area contributed by atoms with Crippen LogP contribution in [0.3, 0.4) is 0 Å². The van der Waals surface area contributed by atoms with Crippen LogP contribution in [-0.4, -0.2) is 6.66 Å². The Morgan fingerprint density at radius 3 is 1.76 bits per heavy atom. The molecule has 0 bridgehead atoms. The summed E-state index contributed by atoms with van der Waals surface area (Å²) in [6.45, 7) is 2.41. The van der Waals surface area contributed by atoms with Crippen LogP contribution in [0.5, 0.6) is 0 Å². The zero-order valence-electron chi connectivity index (χ0n) is 14.2. The maximum Gasteiger partial charge on any atom is 0.112 e. The predicted molar refractivity (Wildman–Crippen MR) is 109 cm³/mol. The minimum Gasteiger partial charge on any atom is -0.472 e. The molecule has 0 saturated carbocycles. The van der Waals surface area contributed by atoms with Gasteiger partial charge in [-0.25, -0.2) is 0 Å². The molecule has 1 aromatic heterocycles. The molecule has 4 rings (SSSR count). The van der Waals surface area contributed by atoms with Gasteiger partial charge in [-0.1, -0.05) is 54.6 Å². The first-order chi connectivity index (χ1) is 12.3. The van der Waals surface area contributed by atoms with Crippen molar-refractivity contribution < 1.29 is 4.42 Å². The van der Waals surface area contributed by atoms with E-state index >= 15 is 0 Å². The van der Waals surface area contributed by atoms with Gasteiger partial charge >= 0.3 is 0 Å². The van der Waals surface area contributed by atoms with Gasteiger partial charge in [-0.2, -0.15) is 0 Å².